The molecule has 1 aliphatic rings. The Kier molecular flexibility index (Phi) is 5.94. The Bertz CT molecular complexity index is 1000. The quantitative estimate of drug-likeness (QED) is 0.585. The summed E-state index contributed by atoms with van der Waals surface area (Å²) in [6.07, 6.45) is 8.95. The van der Waals surface area contributed by atoms with Crippen LogP contribution in [-0.2, 0) is 11.3 Å². The molecule has 0 saturated carbocycles. The first kappa shape index (κ1) is 20.3. The summed E-state index contributed by atoms with van der Waals surface area (Å²) in [6.45, 7) is 1.62. The maximum atomic E-state index is 12.8. The van der Waals surface area contributed by atoms with Crippen molar-refractivity contribution in [1.82, 2.24) is 29.6 Å². The standard InChI is InChI=1S/C21H24ClN7O/c1-27(2)21-24-12-17(15-6-7-18(22)23-11-15)20(26-21)16-5-3-9-28(13-16)19(30)14-29-10-4-8-25-29/h4,6-8,10-12,16H,3,5,9,13-14H2,1-2H3/t16-/m1/s1. The highest BCUT2D eigenvalue weighted by Gasteiger charge is 2.28. The van der Waals surface area contributed by atoms with Crippen molar-refractivity contribution in [2.45, 2.75) is 25.3 Å². The molecule has 1 atom stereocenters. The minimum absolute atomic E-state index is 0.0694. The summed E-state index contributed by atoms with van der Waals surface area (Å²) in [5.41, 5.74) is 2.78. The van der Waals surface area contributed by atoms with Crippen LogP contribution >= 0.6 is 11.6 Å². The van der Waals surface area contributed by atoms with Crippen LogP contribution in [0.3, 0.4) is 0 Å². The van der Waals surface area contributed by atoms with Gasteiger partial charge in [-0.25, -0.2) is 15.0 Å². The summed E-state index contributed by atoms with van der Waals surface area (Å²) in [4.78, 5) is 30.2. The largest absolute Gasteiger partial charge is 0.347 e. The Morgan fingerprint density at radius 3 is 2.83 bits per heavy atom. The molecule has 0 bridgehead atoms. The van der Waals surface area contributed by atoms with Crippen molar-refractivity contribution < 1.29 is 4.79 Å². The van der Waals surface area contributed by atoms with Crippen LogP contribution in [-0.4, -0.2) is 62.7 Å². The van der Waals surface area contributed by atoms with Gasteiger partial charge in [-0.2, -0.15) is 5.10 Å². The summed E-state index contributed by atoms with van der Waals surface area (Å²) in [6, 6.07) is 5.51. The predicted octanol–water partition coefficient (Wildman–Crippen LogP) is 2.86. The van der Waals surface area contributed by atoms with Gasteiger partial charge in [0.05, 0.1) is 5.69 Å². The van der Waals surface area contributed by atoms with E-state index in [-0.39, 0.29) is 18.4 Å². The molecule has 3 aromatic rings. The second-order valence-electron chi connectivity index (χ2n) is 7.62. The molecule has 4 rings (SSSR count). The molecule has 30 heavy (non-hydrogen) atoms. The first-order chi connectivity index (χ1) is 14.5. The molecule has 156 valence electrons. The average Bonchev–Trinajstić information content (AvgIpc) is 3.27. The lowest BCUT2D eigenvalue weighted by Crippen LogP contribution is -2.41. The van der Waals surface area contributed by atoms with Gasteiger partial charge in [0.15, 0.2) is 0 Å². The van der Waals surface area contributed by atoms with Crippen molar-refractivity contribution in [3.05, 3.63) is 53.8 Å². The van der Waals surface area contributed by atoms with Crippen LogP contribution in [0.4, 0.5) is 5.95 Å². The predicted molar refractivity (Wildman–Crippen MR) is 115 cm³/mol. The number of carbonyl (C=O) groups is 1. The molecule has 9 heteroatoms. The summed E-state index contributed by atoms with van der Waals surface area (Å²) < 4.78 is 1.66. The van der Waals surface area contributed by atoms with Gasteiger partial charge in [0.1, 0.15) is 11.7 Å². The average molecular weight is 426 g/mol. The molecule has 1 fully saturated rings. The number of pyridine rings is 1. The van der Waals surface area contributed by atoms with Gasteiger partial charge in [0.25, 0.3) is 0 Å². The normalized spacial score (nSPS) is 16.5. The van der Waals surface area contributed by atoms with E-state index < -0.39 is 0 Å². The van der Waals surface area contributed by atoms with Gasteiger partial charge < -0.3 is 9.80 Å². The van der Waals surface area contributed by atoms with Gasteiger partial charge in [-0.05, 0) is 31.0 Å². The number of rotatable bonds is 5. The van der Waals surface area contributed by atoms with Gasteiger partial charge >= 0.3 is 0 Å². The van der Waals surface area contributed by atoms with Crippen molar-refractivity contribution >= 4 is 23.5 Å². The third-order valence-corrected chi connectivity index (χ3v) is 5.48. The topological polar surface area (TPSA) is 80.0 Å². The van der Waals surface area contributed by atoms with Gasteiger partial charge in [-0.3, -0.25) is 9.48 Å². The number of amides is 1. The molecule has 0 N–H and O–H groups in total. The number of nitrogens with zero attached hydrogens (tertiary/aromatic N) is 7. The second-order valence-corrected chi connectivity index (χ2v) is 8.00. The highest BCUT2D eigenvalue weighted by atomic mass is 35.5. The Morgan fingerprint density at radius 2 is 2.13 bits per heavy atom. The van der Waals surface area contributed by atoms with Crippen molar-refractivity contribution in [3.63, 3.8) is 0 Å². The van der Waals surface area contributed by atoms with Crippen LogP contribution in [0.15, 0.2) is 43.0 Å². The summed E-state index contributed by atoms with van der Waals surface area (Å²) in [7, 11) is 3.84. The lowest BCUT2D eigenvalue weighted by Gasteiger charge is -2.33. The molecule has 0 aromatic carbocycles. The number of halogens is 1. The Morgan fingerprint density at radius 1 is 1.27 bits per heavy atom. The lowest BCUT2D eigenvalue weighted by molar-refractivity contribution is -0.133. The minimum Gasteiger partial charge on any atom is -0.347 e. The Balaban J connectivity index is 1.63. The molecule has 1 amide bonds. The van der Waals surface area contributed by atoms with Gasteiger partial charge in [0, 0.05) is 69.0 Å². The molecular weight excluding hydrogens is 402 g/mol. The van der Waals surface area contributed by atoms with Crippen molar-refractivity contribution in [2.24, 2.45) is 0 Å². The fourth-order valence-electron chi connectivity index (χ4n) is 3.73. The SMILES string of the molecule is CN(C)c1ncc(-c2ccc(Cl)nc2)c([C@@H]2CCCN(C(=O)Cn3cccn3)C2)n1. The van der Waals surface area contributed by atoms with Crippen LogP contribution in [0.5, 0.6) is 0 Å². The molecule has 3 aromatic heterocycles. The molecule has 8 nitrogen and oxygen atoms in total. The highest BCUT2D eigenvalue weighted by molar-refractivity contribution is 6.29. The van der Waals surface area contributed by atoms with E-state index in [2.05, 4.69) is 15.1 Å². The van der Waals surface area contributed by atoms with E-state index in [0.717, 1.165) is 36.2 Å². The van der Waals surface area contributed by atoms with E-state index >= 15 is 0 Å². The summed E-state index contributed by atoms with van der Waals surface area (Å²) >= 11 is 5.97. The molecule has 0 aliphatic carbocycles. The Labute approximate surface area is 180 Å². The van der Waals surface area contributed by atoms with E-state index in [0.29, 0.717) is 17.6 Å². The first-order valence-electron chi connectivity index (χ1n) is 9.92. The van der Waals surface area contributed by atoms with Crippen LogP contribution in [0.25, 0.3) is 11.1 Å². The van der Waals surface area contributed by atoms with Crippen molar-refractivity contribution in [1.29, 1.82) is 0 Å². The van der Waals surface area contributed by atoms with E-state index in [1.54, 1.807) is 29.3 Å². The smallest absolute Gasteiger partial charge is 0.244 e. The maximum absolute atomic E-state index is 12.8. The number of carbonyl (C=O) groups excluding carboxylic acids is 1. The van der Waals surface area contributed by atoms with Gasteiger partial charge in [-0.1, -0.05) is 11.6 Å². The van der Waals surface area contributed by atoms with Crippen molar-refractivity contribution in [3.8, 4) is 11.1 Å². The molecule has 0 spiro atoms. The fraction of sp³-hybridized carbons (Fsp3) is 0.381. The van der Waals surface area contributed by atoms with E-state index in [9.17, 15) is 4.79 Å². The fourth-order valence-corrected chi connectivity index (χ4v) is 3.84. The van der Waals surface area contributed by atoms with Crippen LogP contribution < -0.4 is 4.90 Å². The zero-order valence-electron chi connectivity index (χ0n) is 17.1. The number of piperidine rings is 1. The van der Waals surface area contributed by atoms with E-state index in [1.807, 2.05) is 42.2 Å². The number of aromatic nitrogens is 5. The van der Waals surface area contributed by atoms with E-state index in [4.69, 9.17) is 16.6 Å². The van der Waals surface area contributed by atoms with Gasteiger partial charge in [-0.15, -0.1) is 0 Å². The number of hydrogen-bond donors (Lipinski definition) is 0. The third-order valence-electron chi connectivity index (χ3n) is 5.26. The zero-order valence-corrected chi connectivity index (χ0v) is 17.8. The second kappa shape index (κ2) is 8.79. The van der Waals surface area contributed by atoms with Crippen LogP contribution in [0.2, 0.25) is 5.15 Å². The lowest BCUT2D eigenvalue weighted by atomic mass is 9.90. The summed E-state index contributed by atoms with van der Waals surface area (Å²) in [5, 5.41) is 4.59. The van der Waals surface area contributed by atoms with Crippen LogP contribution in [0.1, 0.15) is 24.5 Å². The molecule has 0 radical (unpaired) electrons. The molecule has 4 heterocycles. The third kappa shape index (κ3) is 4.43. The number of likely N-dealkylation sites (tertiary alicyclic amines) is 1. The molecule has 1 saturated heterocycles. The molecular formula is C21H24ClN7O. The van der Waals surface area contributed by atoms with Crippen LogP contribution in [0, 0.1) is 0 Å². The molecule has 0 unspecified atom stereocenters. The Hall–Kier alpha value is -3.00. The monoisotopic (exact) mass is 425 g/mol. The minimum atomic E-state index is 0.0694. The maximum Gasteiger partial charge on any atom is 0.244 e. The number of anilines is 1. The number of hydrogen-bond acceptors (Lipinski definition) is 6. The highest BCUT2D eigenvalue weighted by Crippen LogP contribution is 2.34. The zero-order chi connectivity index (χ0) is 21.1. The first-order valence-corrected chi connectivity index (χ1v) is 10.3. The molecule has 1 aliphatic heterocycles. The van der Waals surface area contributed by atoms with Gasteiger partial charge in [0.2, 0.25) is 11.9 Å². The van der Waals surface area contributed by atoms with E-state index in [1.165, 1.54) is 0 Å². The summed E-state index contributed by atoms with van der Waals surface area (Å²) in [5.74, 6) is 0.836. The van der Waals surface area contributed by atoms with Crippen molar-refractivity contribution in [2.75, 3.05) is 32.1 Å².